The van der Waals surface area contributed by atoms with Gasteiger partial charge >= 0.3 is 23.9 Å². The lowest BCUT2D eigenvalue weighted by atomic mass is 9.94. The molecule has 0 bridgehead atoms. The first-order valence-electron chi connectivity index (χ1n) is 46.8. The second-order valence-electron chi connectivity index (χ2n) is 32.7. The molecular weight excluding hydrogens is 1290 g/mol. The van der Waals surface area contributed by atoms with Crippen molar-refractivity contribution in [2.75, 3.05) is 85.8 Å². The Kier molecular flexibility index (Phi) is 80.0. The highest BCUT2D eigenvalue weighted by atomic mass is 16.5. The number of hydrogen-bond donors (Lipinski definition) is 0. The highest BCUT2D eigenvalue weighted by Crippen LogP contribution is 2.26. The number of unbranched alkanes of at least 4 members (excludes halogenated alkanes) is 44. The molecule has 0 saturated heterocycles. The first-order chi connectivity index (χ1) is 51.0. The summed E-state index contributed by atoms with van der Waals surface area (Å²) in [5.74, 6) is 0.466. The van der Waals surface area contributed by atoms with Crippen LogP contribution in [0.1, 0.15) is 466 Å². The van der Waals surface area contributed by atoms with E-state index >= 15 is 0 Å². The van der Waals surface area contributed by atoms with Gasteiger partial charge in [-0.1, -0.05) is 364 Å². The smallest absolute Gasteiger partial charge is 0.308 e. The van der Waals surface area contributed by atoms with Gasteiger partial charge in [0.05, 0.1) is 50.1 Å². The Morgan fingerprint density at radius 3 is 0.538 bits per heavy atom. The minimum absolute atomic E-state index is 0.0554. The summed E-state index contributed by atoms with van der Waals surface area (Å²) in [4.78, 5) is 61.8. The Balaban J connectivity index is 5.93. The lowest BCUT2D eigenvalue weighted by molar-refractivity contribution is -0.150. The molecule has 0 aliphatic carbocycles. The van der Waals surface area contributed by atoms with Crippen molar-refractivity contribution in [3.05, 3.63) is 0 Å². The largest absolute Gasteiger partial charge is 0.465 e. The molecule has 0 amide bonds. The number of hydrogen-bond acceptors (Lipinski definition) is 11. The zero-order valence-electron chi connectivity index (χ0n) is 71.7. The summed E-state index contributed by atoms with van der Waals surface area (Å²) >= 11 is 0. The molecule has 0 fully saturated rings. The number of carbonyl (C=O) groups is 4. The van der Waals surface area contributed by atoms with Crippen LogP contribution in [0, 0.1) is 23.7 Å². The fourth-order valence-electron chi connectivity index (χ4n) is 15.2. The second kappa shape index (κ2) is 81.7. The van der Waals surface area contributed by atoms with Crippen molar-refractivity contribution in [2.45, 2.75) is 466 Å². The maximum absolute atomic E-state index is 13.4. The summed E-state index contributed by atoms with van der Waals surface area (Å²) in [6.45, 7) is 28.8. The molecule has 4 atom stereocenters. The van der Waals surface area contributed by atoms with Crippen LogP contribution < -0.4 is 0 Å². The minimum atomic E-state index is 0.0554. The Morgan fingerprint density at radius 1 is 0.192 bits per heavy atom. The highest BCUT2D eigenvalue weighted by molar-refractivity contribution is 5.73. The van der Waals surface area contributed by atoms with Gasteiger partial charge in [0.25, 0.3) is 0 Å². The van der Waals surface area contributed by atoms with Crippen molar-refractivity contribution in [2.24, 2.45) is 23.7 Å². The van der Waals surface area contributed by atoms with Gasteiger partial charge in [-0.3, -0.25) is 19.2 Å². The van der Waals surface area contributed by atoms with E-state index in [1.165, 1.54) is 205 Å². The molecule has 11 nitrogen and oxygen atoms in total. The maximum atomic E-state index is 13.4. The summed E-state index contributed by atoms with van der Waals surface area (Å²) in [6.07, 6.45) is 74.6. The fraction of sp³-hybridized carbons (Fsp3) is 0.957. The Hall–Kier alpha value is -2.24. The standard InChI is InChI=1S/C93H183N3O8/c1-10-18-26-34-38-54-70-86(66-50-30-22-14-5)90(97)101-82-62-46-42-58-74-95(75-59-43-47-63-83-102-91(98)87(67-51-31-23-15-6)71-55-39-35-27-19-11-2)80-78-94(9)79-81-96(76-60-44-48-64-84-103-92(99)88(68-52-32-24-16-7)72-56-40-36-28-20-12-3)77-61-45-49-65-85-104-93(100)89(69-53-33-25-17-8)73-57-41-37-29-21-13-4/h86-89H,10-85H2,1-9H3. The number of esters is 4. The van der Waals surface area contributed by atoms with E-state index < -0.39 is 0 Å². The van der Waals surface area contributed by atoms with Crippen LogP contribution in [0.25, 0.3) is 0 Å². The van der Waals surface area contributed by atoms with Crippen LogP contribution in [0.4, 0.5) is 0 Å². The quantitative estimate of drug-likeness (QED) is 0.0329. The summed E-state index contributed by atoms with van der Waals surface area (Å²) in [5, 5.41) is 0. The van der Waals surface area contributed by atoms with Crippen LogP contribution in [0.5, 0.6) is 0 Å². The van der Waals surface area contributed by atoms with Crippen molar-refractivity contribution < 1.29 is 38.1 Å². The summed E-state index contributed by atoms with van der Waals surface area (Å²) in [5.41, 5.74) is 0. The van der Waals surface area contributed by atoms with E-state index in [1.54, 1.807) is 0 Å². The van der Waals surface area contributed by atoms with Crippen LogP contribution >= 0.6 is 0 Å². The van der Waals surface area contributed by atoms with Crippen molar-refractivity contribution in [1.82, 2.24) is 14.7 Å². The summed E-state index contributed by atoms with van der Waals surface area (Å²) < 4.78 is 24.1. The molecule has 0 spiro atoms. The third-order valence-corrected chi connectivity index (χ3v) is 22.6. The molecule has 104 heavy (non-hydrogen) atoms. The van der Waals surface area contributed by atoms with E-state index in [0.29, 0.717) is 26.4 Å². The zero-order valence-corrected chi connectivity index (χ0v) is 71.7. The molecule has 0 radical (unpaired) electrons. The van der Waals surface area contributed by atoms with Crippen LogP contribution in [0.15, 0.2) is 0 Å². The third-order valence-electron chi connectivity index (χ3n) is 22.6. The van der Waals surface area contributed by atoms with Gasteiger partial charge in [-0.25, -0.2) is 0 Å². The van der Waals surface area contributed by atoms with Gasteiger partial charge in [0.2, 0.25) is 0 Å². The van der Waals surface area contributed by atoms with E-state index in [2.05, 4.69) is 77.1 Å². The van der Waals surface area contributed by atoms with E-state index in [4.69, 9.17) is 18.9 Å². The molecule has 0 aliphatic heterocycles. The molecule has 0 heterocycles. The Bertz CT molecular complexity index is 1550. The maximum Gasteiger partial charge on any atom is 0.308 e. The molecule has 11 heteroatoms. The molecule has 0 rings (SSSR count). The average Bonchev–Trinajstić information content (AvgIpc) is 1.14. The second-order valence-corrected chi connectivity index (χ2v) is 32.7. The van der Waals surface area contributed by atoms with Gasteiger partial charge in [0, 0.05) is 26.2 Å². The number of likely N-dealkylation sites (N-methyl/N-ethyl adjacent to an activating group) is 1. The summed E-state index contributed by atoms with van der Waals surface area (Å²) in [6, 6.07) is 0. The van der Waals surface area contributed by atoms with Crippen LogP contribution in [0.2, 0.25) is 0 Å². The minimum Gasteiger partial charge on any atom is -0.465 e. The van der Waals surface area contributed by atoms with Gasteiger partial charge < -0.3 is 33.6 Å². The topological polar surface area (TPSA) is 115 Å². The van der Waals surface area contributed by atoms with Crippen molar-refractivity contribution in [3.8, 4) is 0 Å². The lowest BCUT2D eigenvalue weighted by Crippen LogP contribution is -2.39. The molecule has 0 aromatic rings. The number of rotatable bonds is 86. The highest BCUT2D eigenvalue weighted by Gasteiger charge is 2.24. The van der Waals surface area contributed by atoms with Gasteiger partial charge in [0.15, 0.2) is 0 Å². The summed E-state index contributed by atoms with van der Waals surface area (Å²) in [7, 11) is 2.32. The molecule has 4 unspecified atom stereocenters. The molecule has 0 N–H and O–H groups in total. The SMILES string of the molecule is CCCCCCCCC(CCCCCC)C(=O)OCCCCCCN(CCCCCCOC(=O)C(CCCCCC)CCCCCCCC)CCN(C)CCN(CCCCCCOC(=O)C(CCCCCC)CCCCCCCC)CCCCCCOC(=O)C(CCCCCC)CCCCCCCC. The Morgan fingerprint density at radius 2 is 0.346 bits per heavy atom. The lowest BCUT2D eigenvalue weighted by Gasteiger charge is -2.28. The number of ether oxygens (including phenoxy) is 4. The van der Waals surface area contributed by atoms with Crippen molar-refractivity contribution >= 4 is 23.9 Å². The number of carbonyl (C=O) groups excluding carboxylic acids is 4. The normalized spacial score (nSPS) is 13.0. The molecular formula is C93H183N3O8. The van der Waals surface area contributed by atoms with E-state index in [9.17, 15) is 19.2 Å². The van der Waals surface area contributed by atoms with Gasteiger partial charge in [-0.15, -0.1) is 0 Å². The fourth-order valence-corrected chi connectivity index (χ4v) is 15.2. The zero-order chi connectivity index (χ0) is 75.9. The van der Waals surface area contributed by atoms with E-state index in [0.717, 1.165) is 258 Å². The van der Waals surface area contributed by atoms with Crippen molar-refractivity contribution in [3.63, 3.8) is 0 Å². The predicted molar refractivity (Wildman–Crippen MR) is 449 cm³/mol. The molecule has 0 saturated carbocycles. The Labute approximate surface area is 649 Å². The molecule has 618 valence electrons. The third kappa shape index (κ3) is 67.8. The van der Waals surface area contributed by atoms with Crippen LogP contribution in [-0.4, -0.2) is 124 Å². The van der Waals surface area contributed by atoms with Gasteiger partial charge in [-0.05, 0) is 136 Å². The van der Waals surface area contributed by atoms with Crippen LogP contribution in [-0.2, 0) is 38.1 Å². The molecule has 0 aliphatic rings. The van der Waals surface area contributed by atoms with Crippen LogP contribution in [0.3, 0.4) is 0 Å². The van der Waals surface area contributed by atoms with E-state index in [1.807, 2.05) is 0 Å². The van der Waals surface area contributed by atoms with Gasteiger partial charge in [0.1, 0.15) is 0 Å². The molecule has 0 aromatic carbocycles. The van der Waals surface area contributed by atoms with Crippen molar-refractivity contribution in [1.29, 1.82) is 0 Å². The average molecular weight is 1470 g/mol. The first kappa shape index (κ1) is 102. The first-order valence-corrected chi connectivity index (χ1v) is 46.8. The predicted octanol–water partition coefficient (Wildman–Crippen LogP) is 27.3. The number of nitrogens with zero attached hydrogens (tertiary/aromatic N) is 3. The van der Waals surface area contributed by atoms with Gasteiger partial charge in [-0.2, -0.15) is 0 Å². The molecule has 0 aromatic heterocycles. The van der Waals surface area contributed by atoms with E-state index in [-0.39, 0.29) is 47.5 Å². The monoisotopic (exact) mass is 1470 g/mol.